The fourth-order valence-corrected chi connectivity index (χ4v) is 3.77. The molecule has 0 radical (unpaired) electrons. The Morgan fingerprint density at radius 1 is 1.38 bits per heavy atom. The second-order valence-corrected chi connectivity index (χ2v) is 7.14. The molecule has 3 aromatic rings. The number of carbonyl (C=O) groups excluding carboxylic acids is 1. The molecule has 0 spiro atoms. The Morgan fingerprint density at radius 2 is 2.12 bits per heavy atom. The number of fused-ring (bicyclic) bond motifs is 1. The average Bonchev–Trinajstić information content (AvgIpc) is 3.02. The number of non-ortho nitro benzene ring substituents is 1. The van der Waals surface area contributed by atoms with Gasteiger partial charge in [-0.1, -0.05) is 11.3 Å². The molecule has 1 N–H and O–H groups in total. The fraction of sp³-hybridized carbons (Fsp3) is 0.125. The van der Waals surface area contributed by atoms with Gasteiger partial charge >= 0.3 is 0 Å². The van der Waals surface area contributed by atoms with E-state index in [0.29, 0.717) is 15.3 Å². The maximum absolute atomic E-state index is 12.9. The van der Waals surface area contributed by atoms with Crippen molar-refractivity contribution < 1.29 is 18.8 Å². The lowest BCUT2D eigenvalue weighted by atomic mass is 10.3. The number of hydrogen-bond acceptors (Lipinski definition) is 7. The van der Waals surface area contributed by atoms with Crippen LogP contribution in [0.3, 0.4) is 0 Å². The highest BCUT2D eigenvalue weighted by molar-refractivity contribution is 8.00. The lowest BCUT2D eigenvalue weighted by Gasteiger charge is -2.02. The highest BCUT2D eigenvalue weighted by atomic mass is 32.2. The van der Waals surface area contributed by atoms with Gasteiger partial charge in [-0.25, -0.2) is 9.37 Å². The zero-order chi connectivity index (χ0) is 18.7. The molecule has 0 saturated carbocycles. The minimum absolute atomic E-state index is 0.109. The molecule has 3 rings (SSSR count). The van der Waals surface area contributed by atoms with Crippen molar-refractivity contribution in [3.63, 3.8) is 0 Å². The molecule has 0 aliphatic heterocycles. The van der Waals surface area contributed by atoms with E-state index in [0.717, 1.165) is 16.2 Å². The van der Waals surface area contributed by atoms with Crippen molar-refractivity contribution >= 4 is 50.0 Å². The summed E-state index contributed by atoms with van der Waals surface area (Å²) in [6.07, 6.45) is 0. The van der Waals surface area contributed by atoms with Crippen molar-refractivity contribution in [1.29, 1.82) is 0 Å². The number of nitrogens with zero attached hydrogens (tertiary/aromatic N) is 2. The molecule has 0 aliphatic rings. The van der Waals surface area contributed by atoms with E-state index in [4.69, 9.17) is 4.74 Å². The van der Waals surface area contributed by atoms with Crippen LogP contribution >= 0.6 is 23.1 Å². The number of nitro benzene ring substituents is 1. The summed E-state index contributed by atoms with van der Waals surface area (Å²) < 4.78 is 18.5. The summed E-state index contributed by atoms with van der Waals surface area (Å²) in [6, 6.07) is 8.51. The molecule has 2 aromatic carbocycles. The Balaban J connectivity index is 1.72. The van der Waals surface area contributed by atoms with E-state index in [2.05, 4.69) is 10.3 Å². The number of aromatic nitrogens is 1. The predicted octanol–water partition coefficient (Wildman–Crippen LogP) is 4.08. The fourth-order valence-electron chi connectivity index (χ4n) is 2.13. The maximum Gasteiger partial charge on any atom is 0.274 e. The first-order valence-electron chi connectivity index (χ1n) is 7.27. The van der Waals surface area contributed by atoms with Gasteiger partial charge in [0.25, 0.3) is 5.69 Å². The highest BCUT2D eigenvalue weighted by Crippen LogP contribution is 2.36. The number of ether oxygens (including phenoxy) is 1. The van der Waals surface area contributed by atoms with Crippen LogP contribution in [0.5, 0.6) is 5.75 Å². The van der Waals surface area contributed by atoms with Crippen LogP contribution in [0.2, 0.25) is 0 Å². The Kier molecular flexibility index (Phi) is 5.33. The molecule has 1 aromatic heterocycles. The summed E-state index contributed by atoms with van der Waals surface area (Å²) in [4.78, 5) is 27.6. The molecular formula is C16H12FN3O4S2. The molecule has 0 aliphatic carbocycles. The quantitative estimate of drug-likeness (QED) is 0.385. The smallest absolute Gasteiger partial charge is 0.274 e. The number of benzene rings is 2. The molecule has 134 valence electrons. The molecule has 1 amide bonds. The van der Waals surface area contributed by atoms with Gasteiger partial charge in [-0.05, 0) is 24.3 Å². The Hall–Kier alpha value is -2.72. The number of thioether (sulfide) groups is 1. The topological polar surface area (TPSA) is 94.4 Å². The van der Waals surface area contributed by atoms with Gasteiger partial charge < -0.3 is 10.1 Å². The van der Waals surface area contributed by atoms with Gasteiger partial charge in [0, 0.05) is 11.0 Å². The number of nitrogens with one attached hydrogen (secondary N) is 1. The summed E-state index contributed by atoms with van der Waals surface area (Å²) in [5.74, 6) is -0.228. The normalized spacial score (nSPS) is 10.7. The van der Waals surface area contributed by atoms with Gasteiger partial charge in [0.2, 0.25) is 5.91 Å². The van der Waals surface area contributed by atoms with E-state index in [9.17, 15) is 19.3 Å². The van der Waals surface area contributed by atoms with E-state index < -0.39 is 4.92 Å². The van der Waals surface area contributed by atoms with E-state index in [-0.39, 0.29) is 28.9 Å². The van der Waals surface area contributed by atoms with Crippen molar-refractivity contribution in [2.75, 3.05) is 18.2 Å². The molecule has 0 saturated heterocycles. The molecule has 26 heavy (non-hydrogen) atoms. The van der Waals surface area contributed by atoms with Crippen LogP contribution < -0.4 is 10.1 Å². The number of amides is 1. The second-order valence-electron chi connectivity index (χ2n) is 5.06. The SMILES string of the molecule is COc1cc([N+](=O)[O-])cc2sc(NC(=O)CSc3ccc(F)cc3)nc12. The van der Waals surface area contributed by atoms with E-state index >= 15 is 0 Å². The lowest BCUT2D eigenvalue weighted by molar-refractivity contribution is -0.384. The summed E-state index contributed by atoms with van der Waals surface area (Å²) in [7, 11) is 1.40. The molecule has 10 heteroatoms. The minimum atomic E-state index is -0.515. The largest absolute Gasteiger partial charge is 0.494 e. The molecular weight excluding hydrogens is 381 g/mol. The third-order valence-corrected chi connectivity index (χ3v) is 5.24. The summed E-state index contributed by atoms with van der Waals surface area (Å²) >= 11 is 2.39. The third kappa shape index (κ3) is 4.09. The van der Waals surface area contributed by atoms with Gasteiger partial charge in [0.05, 0.1) is 28.6 Å². The Bertz CT molecular complexity index is 976. The number of thiazole rings is 1. The molecule has 7 nitrogen and oxygen atoms in total. The van der Waals surface area contributed by atoms with E-state index in [1.54, 1.807) is 12.1 Å². The number of anilines is 1. The number of methoxy groups -OCH3 is 1. The zero-order valence-electron chi connectivity index (χ0n) is 13.4. The van der Waals surface area contributed by atoms with Crippen molar-refractivity contribution in [2.24, 2.45) is 0 Å². The van der Waals surface area contributed by atoms with E-state index in [1.165, 1.54) is 43.1 Å². The van der Waals surface area contributed by atoms with Crippen molar-refractivity contribution in [3.8, 4) is 5.75 Å². The van der Waals surface area contributed by atoms with Crippen LogP contribution in [0.1, 0.15) is 0 Å². The minimum Gasteiger partial charge on any atom is -0.494 e. The first-order valence-corrected chi connectivity index (χ1v) is 9.07. The van der Waals surface area contributed by atoms with E-state index in [1.807, 2.05) is 0 Å². The van der Waals surface area contributed by atoms with Crippen molar-refractivity contribution in [3.05, 3.63) is 52.3 Å². The van der Waals surface area contributed by atoms with Crippen LogP contribution in [0, 0.1) is 15.9 Å². The summed E-state index contributed by atoms with van der Waals surface area (Å²) in [6.45, 7) is 0. The first kappa shape index (κ1) is 18.1. The standard InChI is InChI=1S/C16H12FN3O4S2/c1-24-12-6-10(20(22)23)7-13-15(12)19-16(26-13)18-14(21)8-25-11-4-2-9(17)3-5-11/h2-7H,8H2,1H3,(H,18,19,21). The second kappa shape index (κ2) is 7.67. The van der Waals surface area contributed by atoms with Crippen LogP contribution in [0.4, 0.5) is 15.2 Å². The monoisotopic (exact) mass is 393 g/mol. The molecule has 0 atom stereocenters. The zero-order valence-corrected chi connectivity index (χ0v) is 15.0. The number of halogens is 1. The molecule has 0 fully saturated rings. The van der Waals surface area contributed by atoms with Gasteiger partial charge in [-0.2, -0.15) is 0 Å². The third-order valence-electron chi connectivity index (χ3n) is 3.31. The summed E-state index contributed by atoms with van der Waals surface area (Å²) in [5.41, 5.74) is 0.340. The number of hydrogen-bond donors (Lipinski definition) is 1. The highest BCUT2D eigenvalue weighted by Gasteiger charge is 2.17. The van der Waals surface area contributed by atoms with Crippen LogP contribution in [0.25, 0.3) is 10.2 Å². The summed E-state index contributed by atoms with van der Waals surface area (Å²) in [5, 5.41) is 14.0. The van der Waals surface area contributed by atoms with Crippen molar-refractivity contribution in [2.45, 2.75) is 4.90 Å². The Labute approximate surface area is 155 Å². The maximum atomic E-state index is 12.9. The first-order chi connectivity index (χ1) is 12.5. The van der Waals surface area contributed by atoms with Crippen LogP contribution in [-0.4, -0.2) is 28.7 Å². The molecule has 1 heterocycles. The van der Waals surface area contributed by atoms with Crippen LogP contribution in [-0.2, 0) is 4.79 Å². The number of nitro groups is 1. The average molecular weight is 393 g/mol. The molecule has 0 bridgehead atoms. The van der Waals surface area contributed by atoms with Gasteiger partial charge in [-0.3, -0.25) is 14.9 Å². The number of carbonyl (C=O) groups is 1. The van der Waals surface area contributed by atoms with Gasteiger partial charge in [0.1, 0.15) is 11.3 Å². The molecule has 0 unspecified atom stereocenters. The van der Waals surface area contributed by atoms with Gasteiger partial charge in [0.15, 0.2) is 10.9 Å². The van der Waals surface area contributed by atoms with Crippen LogP contribution in [0.15, 0.2) is 41.3 Å². The Morgan fingerprint density at radius 3 is 2.77 bits per heavy atom. The predicted molar refractivity (Wildman–Crippen MR) is 98.6 cm³/mol. The lowest BCUT2D eigenvalue weighted by Crippen LogP contribution is -2.13. The van der Waals surface area contributed by atoms with Gasteiger partial charge in [-0.15, -0.1) is 11.8 Å². The van der Waals surface area contributed by atoms with Crippen molar-refractivity contribution in [1.82, 2.24) is 4.98 Å². The number of rotatable bonds is 6.